The third-order valence-corrected chi connectivity index (χ3v) is 5.79. The Labute approximate surface area is 181 Å². The van der Waals surface area contributed by atoms with Crippen LogP contribution in [-0.4, -0.2) is 45.8 Å². The van der Waals surface area contributed by atoms with Gasteiger partial charge in [-0.15, -0.1) is 0 Å². The van der Waals surface area contributed by atoms with Crippen LogP contribution >= 0.6 is 0 Å². The molecule has 1 fully saturated rings. The van der Waals surface area contributed by atoms with E-state index in [1.807, 2.05) is 4.90 Å². The van der Waals surface area contributed by atoms with Gasteiger partial charge in [0.15, 0.2) is 0 Å². The Morgan fingerprint density at radius 3 is 2.06 bits per heavy atom. The van der Waals surface area contributed by atoms with Crippen LogP contribution in [0.2, 0.25) is 0 Å². The molecule has 1 spiro atoms. The van der Waals surface area contributed by atoms with Gasteiger partial charge in [-0.3, -0.25) is 9.78 Å². The second-order valence-electron chi connectivity index (χ2n) is 7.81. The fraction of sp³-hybridized carbons (Fsp3) is 0.364. The Morgan fingerprint density at radius 2 is 1.53 bits per heavy atom. The number of rotatable bonds is 2. The van der Waals surface area contributed by atoms with Crippen molar-refractivity contribution in [2.24, 2.45) is 0 Å². The smallest absolute Gasteiger partial charge is 0.478 e. The van der Waals surface area contributed by atoms with E-state index in [1.165, 1.54) is 6.42 Å². The van der Waals surface area contributed by atoms with Crippen molar-refractivity contribution in [1.82, 2.24) is 4.98 Å². The highest BCUT2D eigenvalue weighted by Gasteiger charge is 2.45. The number of carboxylic acids is 2. The van der Waals surface area contributed by atoms with Gasteiger partial charge in [0, 0.05) is 35.6 Å². The maximum Gasteiger partial charge on any atom is 0.490 e. The number of aromatic carboxylic acids is 1. The van der Waals surface area contributed by atoms with Crippen LogP contribution in [0.4, 0.5) is 18.9 Å². The maximum absolute atomic E-state index is 13.0. The van der Waals surface area contributed by atoms with Crippen molar-refractivity contribution < 1.29 is 37.8 Å². The van der Waals surface area contributed by atoms with E-state index in [2.05, 4.69) is 4.98 Å². The molecular formula is C22H21F3N2O5. The van der Waals surface area contributed by atoms with Gasteiger partial charge in [0.1, 0.15) is 0 Å². The number of aromatic nitrogens is 1. The highest BCUT2D eigenvalue weighted by Crippen LogP contribution is 2.49. The first kappa shape index (κ1) is 23.2. The number of fused-ring (bicyclic) bond motifs is 2. The minimum atomic E-state index is -5.08. The van der Waals surface area contributed by atoms with Crippen molar-refractivity contribution in [3.05, 3.63) is 59.4 Å². The largest absolute Gasteiger partial charge is 0.490 e. The van der Waals surface area contributed by atoms with Crippen LogP contribution in [0.5, 0.6) is 0 Å². The van der Waals surface area contributed by atoms with Crippen molar-refractivity contribution in [3.63, 3.8) is 0 Å². The molecule has 1 aliphatic carbocycles. The molecule has 170 valence electrons. The number of carbonyl (C=O) groups excluding carboxylic acids is 1. The predicted octanol–water partition coefficient (Wildman–Crippen LogP) is 4.28. The quantitative estimate of drug-likeness (QED) is 0.707. The summed E-state index contributed by atoms with van der Waals surface area (Å²) in [5, 5.41) is 16.5. The van der Waals surface area contributed by atoms with Gasteiger partial charge in [-0.2, -0.15) is 13.2 Å². The fourth-order valence-corrected chi connectivity index (χ4v) is 4.29. The third-order valence-electron chi connectivity index (χ3n) is 5.79. The van der Waals surface area contributed by atoms with Crippen LogP contribution in [0.1, 0.15) is 58.4 Å². The number of halogens is 3. The van der Waals surface area contributed by atoms with Gasteiger partial charge in [0.05, 0.1) is 5.56 Å². The van der Waals surface area contributed by atoms with Crippen molar-refractivity contribution in [2.75, 3.05) is 11.4 Å². The molecule has 1 aromatic heterocycles. The number of aliphatic carboxylic acids is 1. The number of anilines is 1. The average molecular weight is 450 g/mol. The highest BCUT2D eigenvalue weighted by atomic mass is 19.4. The predicted molar refractivity (Wildman–Crippen MR) is 108 cm³/mol. The molecule has 2 N–H and O–H groups in total. The van der Waals surface area contributed by atoms with Gasteiger partial charge in [-0.1, -0.05) is 19.3 Å². The summed E-state index contributed by atoms with van der Waals surface area (Å²) in [5.41, 5.74) is 2.67. The molecule has 1 amide bonds. The normalized spacial score (nSPS) is 16.7. The SMILES string of the molecule is O=C(O)C(F)(F)F.O=C(O)c1ccc2c(c1)C1(CCCCC1)CN2C(=O)c1ccncc1. The van der Waals surface area contributed by atoms with Crippen molar-refractivity contribution in [1.29, 1.82) is 0 Å². The van der Waals surface area contributed by atoms with E-state index in [9.17, 15) is 27.9 Å². The Morgan fingerprint density at radius 1 is 0.938 bits per heavy atom. The fourth-order valence-electron chi connectivity index (χ4n) is 4.29. The van der Waals surface area contributed by atoms with E-state index in [0.717, 1.165) is 36.9 Å². The number of hydrogen-bond acceptors (Lipinski definition) is 4. The molecule has 2 aliphatic rings. The van der Waals surface area contributed by atoms with Gasteiger partial charge in [-0.05, 0) is 48.7 Å². The molecule has 10 heteroatoms. The maximum atomic E-state index is 13.0. The summed E-state index contributed by atoms with van der Waals surface area (Å²) in [5.74, 6) is -3.73. The average Bonchev–Trinajstić information content (AvgIpc) is 3.07. The topological polar surface area (TPSA) is 108 Å². The first-order valence-corrected chi connectivity index (χ1v) is 9.95. The molecule has 0 bridgehead atoms. The lowest BCUT2D eigenvalue weighted by molar-refractivity contribution is -0.192. The lowest BCUT2D eigenvalue weighted by atomic mass is 9.70. The first-order chi connectivity index (χ1) is 15.0. The van der Waals surface area contributed by atoms with Crippen molar-refractivity contribution >= 4 is 23.5 Å². The molecule has 4 rings (SSSR count). The van der Waals surface area contributed by atoms with Gasteiger partial charge < -0.3 is 15.1 Å². The zero-order valence-electron chi connectivity index (χ0n) is 16.9. The minimum absolute atomic E-state index is 0.0471. The second-order valence-corrected chi connectivity index (χ2v) is 7.81. The second kappa shape index (κ2) is 8.97. The number of amides is 1. The van der Waals surface area contributed by atoms with Crippen molar-refractivity contribution in [3.8, 4) is 0 Å². The number of carbonyl (C=O) groups is 3. The summed E-state index contributed by atoms with van der Waals surface area (Å²) in [6.07, 6.45) is 3.60. The van der Waals surface area contributed by atoms with E-state index in [0.29, 0.717) is 17.7 Å². The van der Waals surface area contributed by atoms with Gasteiger partial charge in [0.25, 0.3) is 5.91 Å². The van der Waals surface area contributed by atoms with E-state index in [1.54, 1.807) is 42.7 Å². The Kier molecular flexibility index (Phi) is 6.52. The van der Waals surface area contributed by atoms with E-state index < -0.39 is 18.1 Å². The monoisotopic (exact) mass is 450 g/mol. The third kappa shape index (κ3) is 4.74. The summed E-state index contributed by atoms with van der Waals surface area (Å²) in [6, 6.07) is 8.61. The number of pyridine rings is 1. The minimum Gasteiger partial charge on any atom is -0.478 e. The standard InChI is InChI=1S/C20H20N2O3.C2HF3O2/c23-18(14-6-10-21-11-7-14)22-13-20(8-2-1-3-9-20)16-12-15(19(24)25)4-5-17(16)22;3-2(4,5)1(6)7/h4-7,10-12H,1-3,8-9,13H2,(H,24,25);(H,6,7). The van der Waals surface area contributed by atoms with Crippen LogP contribution < -0.4 is 4.90 Å². The van der Waals surface area contributed by atoms with Crippen LogP contribution in [0.25, 0.3) is 0 Å². The zero-order valence-corrected chi connectivity index (χ0v) is 16.9. The lowest BCUT2D eigenvalue weighted by Gasteiger charge is -2.34. The summed E-state index contributed by atoms with van der Waals surface area (Å²) in [6.45, 7) is 0.632. The molecular weight excluding hydrogens is 429 g/mol. The highest BCUT2D eigenvalue weighted by molar-refractivity contribution is 6.08. The molecule has 1 aliphatic heterocycles. The molecule has 2 heterocycles. The van der Waals surface area contributed by atoms with Crippen LogP contribution in [0.15, 0.2) is 42.7 Å². The summed E-state index contributed by atoms with van der Waals surface area (Å²) in [4.78, 5) is 39.2. The number of hydrogen-bond donors (Lipinski definition) is 2. The summed E-state index contributed by atoms with van der Waals surface area (Å²) < 4.78 is 31.7. The molecule has 0 radical (unpaired) electrons. The Hall–Kier alpha value is -3.43. The van der Waals surface area contributed by atoms with Gasteiger partial charge in [0.2, 0.25) is 0 Å². The lowest BCUT2D eigenvalue weighted by Crippen LogP contribution is -2.38. The molecule has 7 nitrogen and oxygen atoms in total. The molecule has 1 aromatic carbocycles. The van der Waals surface area contributed by atoms with Crippen LogP contribution in [0.3, 0.4) is 0 Å². The first-order valence-electron chi connectivity index (χ1n) is 9.95. The summed E-state index contributed by atoms with van der Waals surface area (Å²) in [7, 11) is 0. The van der Waals surface area contributed by atoms with Gasteiger partial charge >= 0.3 is 18.1 Å². The van der Waals surface area contributed by atoms with Crippen molar-refractivity contribution in [2.45, 2.75) is 43.7 Å². The molecule has 2 aromatic rings. The Bertz CT molecular complexity index is 1020. The molecule has 1 saturated carbocycles. The molecule has 0 saturated heterocycles. The van der Waals surface area contributed by atoms with E-state index >= 15 is 0 Å². The number of nitrogens with zero attached hydrogens (tertiary/aromatic N) is 2. The number of alkyl halides is 3. The van der Waals surface area contributed by atoms with Gasteiger partial charge in [-0.25, -0.2) is 9.59 Å². The number of benzene rings is 1. The van der Waals surface area contributed by atoms with E-state index in [-0.39, 0.29) is 11.3 Å². The molecule has 0 atom stereocenters. The van der Waals surface area contributed by atoms with E-state index in [4.69, 9.17) is 9.90 Å². The number of carboxylic acid groups (broad SMARTS) is 2. The van der Waals surface area contributed by atoms with Crippen LogP contribution in [-0.2, 0) is 10.2 Å². The molecule has 0 unspecified atom stereocenters. The van der Waals surface area contributed by atoms with Crippen LogP contribution in [0, 0.1) is 0 Å². The Balaban J connectivity index is 0.000000360. The summed E-state index contributed by atoms with van der Waals surface area (Å²) >= 11 is 0. The zero-order chi connectivity index (χ0) is 23.5. The molecule has 32 heavy (non-hydrogen) atoms.